The number of hydrogen-bond acceptors (Lipinski definition) is 6. The molecule has 0 bridgehead atoms. The van der Waals surface area contributed by atoms with Gasteiger partial charge in [0.25, 0.3) is 0 Å². The van der Waals surface area contributed by atoms with Crippen molar-refractivity contribution in [2.75, 3.05) is 13.2 Å². The third-order valence-corrected chi connectivity index (χ3v) is 16.0. The number of rotatable bonds is 66. The van der Waals surface area contributed by atoms with Crippen molar-refractivity contribution in [2.45, 2.75) is 386 Å². The van der Waals surface area contributed by atoms with E-state index in [1.807, 2.05) is 0 Å². The second-order valence-corrected chi connectivity index (χ2v) is 24.1. The van der Waals surface area contributed by atoms with Crippen LogP contribution in [0.4, 0.5) is 0 Å². The predicted molar refractivity (Wildman–Crippen MR) is 353 cm³/mol. The number of carbonyl (C=O) groups is 3. The van der Waals surface area contributed by atoms with E-state index in [1.54, 1.807) is 0 Å². The molecule has 6 heteroatoms. The number of allylic oxidation sites excluding steroid dienone is 10. The van der Waals surface area contributed by atoms with Crippen molar-refractivity contribution in [2.24, 2.45) is 0 Å². The van der Waals surface area contributed by atoms with Gasteiger partial charge >= 0.3 is 17.9 Å². The Bertz CT molecular complexity index is 1440. The van der Waals surface area contributed by atoms with Crippen LogP contribution in [0.1, 0.15) is 380 Å². The summed E-state index contributed by atoms with van der Waals surface area (Å²) < 4.78 is 17.0. The second kappa shape index (κ2) is 69.6. The van der Waals surface area contributed by atoms with Gasteiger partial charge in [0.1, 0.15) is 13.2 Å². The largest absolute Gasteiger partial charge is 0.462 e. The van der Waals surface area contributed by atoms with Crippen molar-refractivity contribution in [1.82, 2.24) is 0 Å². The summed E-state index contributed by atoms with van der Waals surface area (Å²) in [5, 5.41) is 0. The van der Waals surface area contributed by atoms with Gasteiger partial charge in [-0.3, -0.25) is 14.4 Å². The summed E-state index contributed by atoms with van der Waals surface area (Å²) in [6, 6.07) is 0. The molecule has 81 heavy (non-hydrogen) atoms. The first-order valence-electron chi connectivity index (χ1n) is 35.8. The van der Waals surface area contributed by atoms with Crippen LogP contribution >= 0.6 is 0 Å². The van der Waals surface area contributed by atoms with Crippen molar-refractivity contribution >= 4 is 17.9 Å². The molecule has 0 aliphatic heterocycles. The van der Waals surface area contributed by atoms with Gasteiger partial charge in [-0.05, 0) is 83.5 Å². The van der Waals surface area contributed by atoms with Crippen LogP contribution in [0, 0.1) is 0 Å². The van der Waals surface area contributed by atoms with Gasteiger partial charge in [-0.1, -0.05) is 338 Å². The van der Waals surface area contributed by atoms with Gasteiger partial charge in [0.05, 0.1) is 0 Å². The first kappa shape index (κ1) is 78.1. The smallest absolute Gasteiger partial charge is 0.306 e. The molecule has 0 rings (SSSR count). The molecule has 0 saturated carbocycles. The van der Waals surface area contributed by atoms with E-state index in [1.165, 1.54) is 244 Å². The van der Waals surface area contributed by atoms with Crippen molar-refractivity contribution < 1.29 is 28.6 Å². The molecule has 0 radical (unpaired) electrons. The molecule has 0 saturated heterocycles. The Hall–Kier alpha value is -2.89. The maximum atomic E-state index is 12.9. The van der Waals surface area contributed by atoms with Crippen LogP contribution in [0.15, 0.2) is 60.8 Å². The number of ether oxygens (including phenoxy) is 3. The van der Waals surface area contributed by atoms with E-state index in [9.17, 15) is 14.4 Å². The molecule has 1 unspecified atom stereocenters. The standard InChI is InChI=1S/C75H136O6/c1-4-7-10-13-16-19-22-25-28-31-32-33-34-35-36-37-38-39-40-41-42-45-47-50-53-56-59-62-65-68-74(77)80-71-72(81-75(78)69-66-63-60-57-54-51-48-44-30-27-24-21-18-15-12-9-6-3)70-79-73(76)67-64-61-58-55-52-49-46-43-29-26-23-20-17-14-11-8-5-2/h9,12,17-18,20-21,26-27,29-30,72H,4-8,10-11,13-16,19,22-25,28,31-71H2,1-3H3/b12-9-,20-17-,21-18-,29-26-,30-27-. The van der Waals surface area contributed by atoms with E-state index in [0.717, 1.165) is 96.3 Å². The fourth-order valence-electron chi connectivity index (χ4n) is 10.7. The lowest BCUT2D eigenvalue weighted by Gasteiger charge is -2.18. The van der Waals surface area contributed by atoms with E-state index >= 15 is 0 Å². The highest BCUT2D eigenvalue weighted by Gasteiger charge is 2.19. The second-order valence-electron chi connectivity index (χ2n) is 24.1. The number of esters is 3. The number of unbranched alkanes of at least 4 members (excludes halogenated alkanes) is 45. The van der Waals surface area contributed by atoms with Crippen LogP contribution in [0.2, 0.25) is 0 Å². The summed E-state index contributed by atoms with van der Waals surface area (Å²) in [6.07, 6.45) is 89.7. The summed E-state index contributed by atoms with van der Waals surface area (Å²) in [4.78, 5) is 38.4. The predicted octanol–water partition coefficient (Wildman–Crippen LogP) is 24.7. The monoisotopic (exact) mass is 1130 g/mol. The first-order chi connectivity index (χ1) is 40.0. The maximum absolute atomic E-state index is 12.9. The molecule has 0 fully saturated rings. The number of hydrogen-bond donors (Lipinski definition) is 0. The molecule has 472 valence electrons. The zero-order valence-corrected chi connectivity index (χ0v) is 54.3. The van der Waals surface area contributed by atoms with Crippen LogP contribution in [0.5, 0.6) is 0 Å². The van der Waals surface area contributed by atoms with Gasteiger partial charge in [0.15, 0.2) is 6.10 Å². The molecule has 0 aromatic carbocycles. The van der Waals surface area contributed by atoms with Gasteiger partial charge < -0.3 is 14.2 Å². The van der Waals surface area contributed by atoms with E-state index in [0.29, 0.717) is 19.3 Å². The first-order valence-corrected chi connectivity index (χ1v) is 35.8. The lowest BCUT2D eigenvalue weighted by atomic mass is 10.0. The third-order valence-electron chi connectivity index (χ3n) is 16.0. The highest BCUT2D eigenvalue weighted by atomic mass is 16.6. The zero-order valence-electron chi connectivity index (χ0n) is 54.3. The molecule has 0 aromatic heterocycles. The Kier molecular flexibility index (Phi) is 67.1. The summed E-state index contributed by atoms with van der Waals surface area (Å²) >= 11 is 0. The van der Waals surface area contributed by atoms with Gasteiger partial charge in [0, 0.05) is 19.3 Å². The van der Waals surface area contributed by atoms with E-state index in [-0.39, 0.29) is 31.1 Å². The Morgan fingerprint density at radius 3 is 0.778 bits per heavy atom. The van der Waals surface area contributed by atoms with Crippen LogP contribution < -0.4 is 0 Å². The SMILES string of the molecule is CC/C=C\C/C=C\C/C=C\CCCCCCCCCC(=O)OC(COC(=O)CCCCCCCCC/C=C\C/C=C\CCCCC)COC(=O)CCCCCCCCCCCCCCCCCCCCCCCCCCCCCCC. The normalized spacial score (nSPS) is 12.4. The van der Waals surface area contributed by atoms with Crippen molar-refractivity contribution in [1.29, 1.82) is 0 Å². The zero-order chi connectivity index (χ0) is 58.5. The Morgan fingerprint density at radius 1 is 0.259 bits per heavy atom. The quantitative estimate of drug-likeness (QED) is 0.0261. The topological polar surface area (TPSA) is 78.9 Å². The molecule has 0 heterocycles. The Morgan fingerprint density at radius 2 is 0.481 bits per heavy atom. The minimum absolute atomic E-state index is 0.0775. The summed E-state index contributed by atoms with van der Waals surface area (Å²) in [7, 11) is 0. The fourth-order valence-corrected chi connectivity index (χ4v) is 10.7. The molecule has 0 spiro atoms. The summed E-state index contributed by atoms with van der Waals surface area (Å²) in [5.74, 6) is -0.873. The van der Waals surface area contributed by atoms with E-state index < -0.39 is 6.10 Å². The highest BCUT2D eigenvalue weighted by Crippen LogP contribution is 2.18. The lowest BCUT2D eigenvalue weighted by Crippen LogP contribution is -2.30. The Balaban J connectivity index is 4.23. The lowest BCUT2D eigenvalue weighted by molar-refractivity contribution is -0.167. The average Bonchev–Trinajstić information content (AvgIpc) is 3.47. The van der Waals surface area contributed by atoms with Crippen LogP contribution in [0.25, 0.3) is 0 Å². The molecule has 1 atom stereocenters. The average molecular weight is 1130 g/mol. The van der Waals surface area contributed by atoms with E-state index in [4.69, 9.17) is 14.2 Å². The molecule has 0 N–H and O–H groups in total. The molecule has 0 amide bonds. The van der Waals surface area contributed by atoms with Gasteiger partial charge in [0.2, 0.25) is 0 Å². The molecular formula is C75H136O6. The van der Waals surface area contributed by atoms with Crippen molar-refractivity contribution in [3.63, 3.8) is 0 Å². The van der Waals surface area contributed by atoms with Gasteiger partial charge in [-0.15, -0.1) is 0 Å². The van der Waals surface area contributed by atoms with Crippen molar-refractivity contribution in [3.8, 4) is 0 Å². The van der Waals surface area contributed by atoms with Crippen molar-refractivity contribution in [3.05, 3.63) is 60.8 Å². The highest BCUT2D eigenvalue weighted by molar-refractivity contribution is 5.71. The Labute approximate surface area is 504 Å². The minimum atomic E-state index is -0.783. The molecule has 0 aliphatic carbocycles. The van der Waals surface area contributed by atoms with E-state index in [2.05, 4.69) is 81.5 Å². The van der Waals surface area contributed by atoms with Gasteiger partial charge in [-0.25, -0.2) is 0 Å². The molecule has 6 nitrogen and oxygen atoms in total. The minimum Gasteiger partial charge on any atom is -0.462 e. The fraction of sp³-hybridized carbons (Fsp3) is 0.827. The number of carbonyl (C=O) groups excluding carboxylic acids is 3. The van der Waals surface area contributed by atoms with Crippen LogP contribution in [-0.4, -0.2) is 37.2 Å². The summed E-state index contributed by atoms with van der Waals surface area (Å²) in [6.45, 7) is 6.55. The van der Waals surface area contributed by atoms with Crippen LogP contribution in [0.3, 0.4) is 0 Å². The maximum Gasteiger partial charge on any atom is 0.306 e. The van der Waals surface area contributed by atoms with Gasteiger partial charge in [-0.2, -0.15) is 0 Å². The third kappa shape index (κ3) is 67.8. The molecule has 0 aliphatic rings. The molecular weight excluding hydrogens is 997 g/mol. The molecule has 0 aromatic rings. The summed E-state index contributed by atoms with van der Waals surface area (Å²) in [5.41, 5.74) is 0. The van der Waals surface area contributed by atoms with Crippen LogP contribution in [-0.2, 0) is 28.6 Å².